The Hall–Kier alpha value is -3.90. The first-order valence-corrected chi connectivity index (χ1v) is 10.8. The Morgan fingerprint density at radius 2 is 1.79 bits per heavy atom. The van der Waals surface area contributed by atoms with E-state index < -0.39 is 23.7 Å². The molecule has 172 valence electrons. The number of pyridine rings is 1. The van der Waals surface area contributed by atoms with E-state index in [4.69, 9.17) is 4.74 Å². The highest BCUT2D eigenvalue weighted by atomic mass is 19.2. The number of esters is 1. The van der Waals surface area contributed by atoms with E-state index in [0.717, 1.165) is 28.8 Å². The van der Waals surface area contributed by atoms with Gasteiger partial charge in [-0.2, -0.15) is 0 Å². The molecule has 4 aromatic rings. The van der Waals surface area contributed by atoms with Crippen molar-refractivity contribution in [2.75, 3.05) is 7.11 Å². The number of aryl methyl sites for hydroxylation is 1. The molecule has 0 radical (unpaired) electrons. The SMILES string of the molecule is COC(=O)c1ccccc1CC[C@H](O)c1cccc(C=Cc2ccc3cc(F)c(F)cc3n2)c1. The summed E-state index contributed by atoms with van der Waals surface area (Å²) in [4.78, 5) is 16.3. The van der Waals surface area contributed by atoms with Gasteiger partial charge in [0, 0.05) is 11.5 Å². The second kappa shape index (κ2) is 10.4. The average Bonchev–Trinajstić information content (AvgIpc) is 2.86. The van der Waals surface area contributed by atoms with Crippen molar-refractivity contribution < 1.29 is 23.4 Å². The van der Waals surface area contributed by atoms with Crippen LogP contribution in [0.4, 0.5) is 8.78 Å². The van der Waals surface area contributed by atoms with E-state index in [1.54, 1.807) is 30.3 Å². The Morgan fingerprint density at radius 1 is 1.00 bits per heavy atom. The van der Waals surface area contributed by atoms with E-state index in [1.807, 2.05) is 42.5 Å². The monoisotopic (exact) mass is 459 g/mol. The minimum atomic E-state index is -0.933. The molecule has 0 bridgehead atoms. The third-order valence-corrected chi connectivity index (χ3v) is 5.60. The first-order chi connectivity index (χ1) is 16.4. The van der Waals surface area contributed by atoms with Gasteiger partial charge in [-0.1, -0.05) is 48.5 Å². The van der Waals surface area contributed by atoms with E-state index in [-0.39, 0.29) is 0 Å². The van der Waals surface area contributed by atoms with Gasteiger partial charge in [-0.25, -0.2) is 18.6 Å². The van der Waals surface area contributed by atoms with Crippen LogP contribution in [0, 0.1) is 11.6 Å². The van der Waals surface area contributed by atoms with Crippen LogP contribution in [-0.4, -0.2) is 23.2 Å². The quantitative estimate of drug-likeness (QED) is 0.338. The summed E-state index contributed by atoms with van der Waals surface area (Å²) in [5, 5.41) is 11.2. The fraction of sp³-hybridized carbons (Fsp3) is 0.143. The fourth-order valence-corrected chi connectivity index (χ4v) is 3.78. The highest BCUT2D eigenvalue weighted by Gasteiger charge is 2.14. The summed E-state index contributed by atoms with van der Waals surface area (Å²) in [6.45, 7) is 0. The number of fused-ring (bicyclic) bond motifs is 1. The van der Waals surface area contributed by atoms with E-state index in [1.165, 1.54) is 7.11 Å². The van der Waals surface area contributed by atoms with Crippen molar-refractivity contribution in [3.05, 3.63) is 112 Å². The average molecular weight is 459 g/mol. The van der Waals surface area contributed by atoms with E-state index in [0.29, 0.717) is 35.0 Å². The molecule has 34 heavy (non-hydrogen) atoms. The van der Waals surface area contributed by atoms with Crippen LogP contribution in [0.25, 0.3) is 23.1 Å². The molecule has 1 heterocycles. The first-order valence-electron chi connectivity index (χ1n) is 10.8. The number of carbonyl (C=O) groups is 1. The summed E-state index contributed by atoms with van der Waals surface area (Å²) in [5.41, 5.74) is 3.91. The van der Waals surface area contributed by atoms with Crippen molar-refractivity contribution in [1.82, 2.24) is 4.98 Å². The first kappa shape index (κ1) is 23.3. The number of ether oxygens (including phenoxy) is 1. The van der Waals surface area contributed by atoms with Crippen molar-refractivity contribution in [1.29, 1.82) is 0 Å². The largest absolute Gasteiger partial charge is 0.465 e. The number of methoxy groups -OCH3 is 1. The molecule has 3 aromatic carbocycles. The smallest absolute Gasteiger partial charge is 0.338 e. The zero-order valence-corrected chi connectivity index (χ0v) is 18.5. The summed E-state index contributed by atoms with van der Waals surface area (Å²) < 4.78 is 31.7. The second-order valence-corrected chi connectivity index (χ2v) is 7.90. The van der Waals surface area contributed by atoms with Gasteiger partial charge < -0.3 is 9.84 Å². The van der Waals surface area contributed by atoms with Crippen LogP contribution in [0.15, 0.2) is 72.8 Å². The maximum atomic E-state index is 13.5. The molecule has 0 saturated carbocycles. The zero-order valence-electron chi connectivity index (χ0n) is 18.5. The van der Waals surface area contributed by atoms with Crippen LogP contribution in [0.3, 0.4) is 0 Å². The van der Waals surface area contributed by atoms with Gasteiger partial charge in [0.1, 0.15) is 0 Å². The molecule has 0 unspecified atom stereocenters. The zero-order chi connectivity index (χ0) is 24.1. The number of aromatic nitrogens is 1. The molecule has 1 N–H and O–H groups in total. The molecule has 4 nitrogen and oxygen atoms in total. The van der Waals surface area contributed by atoms with Gasteiger partial charge >= 0.3 is 5.97 Å². The van der Waals surface area contributed by atoms with Crippen molar-refractivity contribution >= 4 is 29.0 Å². The molecule has 0 aliphatic carbocycles. The summed E-state index contributed by atoms with van der Waals surface area (Å²) in [6, 6.07) is 20.3. The minimum absolute atomic E-state index is 0.373. The summed E-state index contributed by atoms with van der Waals surface area (Å²) in [6.07, 6.45) is 3.87. The predicted molar refractivity (Wildman–Crippen MR) is 128 cm³/mol. The number of rotatable bonds is 7. The molecule has 1 atom stereocenters. The van der Waals surface area contributed by atoms with Crippen LogP contribution in [0.1, 0.15) is 45.3 Å². The molecule has 0 aliphatic rings. The van der Waals surface area contributed by atoms with E-state index >= 15 is 0 Å². The number of hydrogen-bond donors (Lipinski definition) is 1. The van der Waals surface area contributed by atoms with Crippen molar-refractivity contribution in [3.63, 3.8) is 0 Å². The number of aliphatic hydroxyl groups excluding tert-OH is 1. The Kier molecular flexibility index (Phi) is 7.09. The normalized spacial score (nSPS) is 12.2. The lowest BCUT2D eigenvalue weighted by Gasteiger charge is -2.13. The van der Waals surface area contributed by atoms with Crippen LogP contribution in [0.2, 0.25) is 0 Å². The third-order valence-electron chi connectivity index (χ3n) is 5.60. The minimum Gasteiger partial charge on any atom is -0.465 e. The van der Waals surface area contributed by atoms with Crippen molar-refractivity contribution in [3.8, 4) is 0 Å². The van der Waals surface area contributed by atoms with Crippen LogP contribution < -0.4 is 0 Å². The standard InChI is InChI=1S/C28H23F2NO3/c1-34-28(33)23-8-3-2-6-19(23)11-14-27(32)21-7-4-5-18(15-21)9-12-22-13-10-20-16-24(29)25(30)17-26(20)31-22/h2-10,12-13,15-17,27,32H,11,14H2,1H3/t27-/m0/s1. The molecule has 0 saturated heterocycles. The summed E-state index contributed by atoms with van der Waals surface area (Å²) in [5.74, 6) is -2.23. The molecule has 6 heteroatoms. The molecular formula is C28H23F2NO3. The Bertz CT molecular complexity index is 1370. The number of aliphatic hydroxyl groups is 1. The maximum Gasteiger partial charge on any atom is 0.338 e. The van der Waals surface area contributed by atoms with Crippen molar-refractivity contribution in [2.45, 2.75) is 18.9 Å². The Balaban J connectivity index is 1.47. The van der Waals surface area contributed by atoms with Gasteiger partial charge in [0.05, 0.1) is 30.0 Å². The molecular weight excluding hydrogens is 436 g/mol. The van der Waals surface area contributed by atoms with Gasteiger partial charge in [-0.3, -0.25) is 0 Å². The van der Waals surface area contributed by atoms with Gasteiger partial charge in [0.15, 0.2) is 11.6 Å². The fourth-order valence-electron chi connectivity index (χ4n) is 3.78. The summed E-state index contributed by atoms with van der Waals surface area (Å²) in [7, 11) is 1.35. The van der Waals surface area contributed by atoms with Crippen LogP contribution >= 0.6 is 0 Å². The van der Waals surface area contributed by atoms with E-state index in [2.05, 4.69) is 4.98 Å². The maximum absolute atomic E-state index is 13.5. The molecule has 1 aromatic heterocycles. The Morgan fingerprint density at radius 3 is 2.62 bits per heavy atom. The third kappa shape index (κ3) is 5.35. The lowest BCUT2D eigenvalue weighted by molar-refractivity contribution is 0.0599. The van der Waals surface area contributed by atoms with Gasteiger partial charge in [0.2, 0.25) is 0 Å². The molecule has 0 spiro atoms. The number of carbonyl (C=O) groups excluding carboxylic acids is 1. The highest BCUT2D eigenvalue weighted by Crippen LogP contribution is 2.23. The number of nitrogens with zero attached hydrogens (tertiary/aromatic N) is 1. The molecule has 0 fully saturated rings. The lowest BCUT2D eigenvalue weighted by Crippen LogP contribution is -2.07. The van der Waals surface area contributed by atoms with Gasteiger partial charge in [-0.15, -0.1) is 0 Å². The highest BCUT2D eigenvalue weighted by molar-refractivity contribution is 5.91. The van der Waals surface area contributed by atoms with Crippen LogP contribution in [-0.2, 0) is 11.2 Å². The number of hydrogen-bond acceptors (Lipinski definition) is 4. The second-order valence-electron chi connectivity index (χ2n) is 7.90. The lowest BCUT2D eigenvalue weighted by atomic mass is 9.97. The van der Waals surface area contributed by atoms with Crippen LogP contribution in [0.5, 0.6) is 0 Å². The predicted octanol–water partition coefficient (Wildman–Crippen LogP) is 6.14. The molecule has 0 amide bonds. The Labute approximate surface area is 196 Å². The topological polar surface area (TPSA) is 59.4 Å². The summed E-state index contributed by atoms with van der Waals surface area (Å²) >= 11 is 0. The van der Waals surface area contributed by atoms with Crippen molar-refractivity contribution in [2.24, 2.45) is 0 Å². The van der Waals surface area contributed by atoms with E-state index in [9.17, 15) is 18.7 Å². The molecule has 0 aliphatic heterocycles. The van der Waals surface area contributed by atoms with Gasteiger partial charge in [-0.05, 0) is 59.9 Å². The number of benzene rings is 3. The van der Waals surface area contributed by atoms with Gasteiger partial charge in [0.25, 0.3) is 0 Å². The number of halogens is 2. The molecule has 4 rings (SSSR count).